The summed E-state index contributed by atoms with van der Waals surface area (Å²) < 4.78 is 20.9. The van der Waals surface area contributed by atoms with Crippen molar-refractivity contribution in [2.45, 2.75) is 117 Å². The Kier molecular flexibility index (Phi) is 21.1. The molecule has 0 unspecified atom stereocenters. The molecule has 0 radical (unpaired) electrons. The monoisotopic (exact) mass is 462 g/mol. The number of hydrogen-bond donors (Lipinski definition) is 1. The SMILES string of the molecule is CC(C)(C)OC(=O)CCCCCOCCO.CCCOCCCCCC(=O)OC(C)(C)C. The lowest BCUT2D eigenvalue weighted by atomic mass is 10.1. The Bertz CT molecular complexity index is 408. The van der Waals surface area contributed by atoms with Crippen molar-refractivity contribution in [1.29, 1.82) is 0 Å². The van der Waals surface area contributed by atoms with Gasteiger partial charge in [0.2, 0.25) is 0 Å². The fraction of sp³-hybridized carbons (Fsp3) is 0.920. The largest absolute Gasteiger partial charge is 0.460 e. The second kappa shape index (κ2) is 20.4. The van der Waals surface area contributed by atoms with E-state index in [1.807, 2.05) is 41.5 Å². The minimum absolute atomic E-state index is 0.0674. The Morgan fingerprint density at radius 2 is 1.03 bits per heavy atom. The molecule has 0 rings (SSSR count). The van der Waals surface area contributed by atoms with E-state index >= 15 is 0 Å². The number of unbranched alkanes of at least 4 members (excludes halogenated alkanes) is 4. The van der Waals surface area contributed by atoms with Crippen LogP contribution < -0.4 is 0 Å². The maximum atomic E-state index is 11.3. The summed E-state index contributed by atoms with van der Waals surface area (Å²) in [5, 5.41) is 8.46. The summed E-state index contributed by atoms with van der Waals surface area (Å²) >= 11 is 0. The first kappa shape index (κ1) is 33.0. The van der Waals surface area contributed by atoms with Crippen LogP contribution >= 0.6 is 0 Å². The van der Waals surface area contributed by atoms with E-state index in [0.29, 0.717) is 26.1 Å². The molecule has 0 spiro atoms. The number of aliphatic hydroxyl groups excluding tert-OH is 1. The summed E-state index contributed by atoms with van der Waals surface area (Å²) in [6.07, 6.45) is 7.71. The molecule has 0 saturated heterocycles. The number of ether oxygens (including phenoxy) is 4. The highest BCUT2D eigenvalue weighted by molar-refractivity contribution is 5.70. The number of carbonyl (C=O) groups excluding carboxylic acids is 2. The normalized spacial score (nSPS) is 11.5. The maximum absolute atomic E-state index is 11.3. The van der Waals surface area contributed by atoms with Crippen molar-refractivity contribution in [3.05, 3.63) is 0 Å². The highest BCUT2D eigenvalue weighted by Crippen LogP contribution is 2.11. The van der Waals surface area contributed by atoms with Gasteiger partial charge in [0, 0.05) is 32.7 Å². The fourth-order valence-electron chi connectivity index (χ4n) is 2.50. The smallest absolute Gasteiger partial charge is 0.306 e. The lowest BCUT2D eigenvalue weighted by molar-refractivity contribution is -0.156. The van der Waals surface area contributed by atoms with E-state index in [2.05, 4.69) is 6.92 Å². The molecule has 0 aromatic heterocycles. The summed E-state index contributed by atoms with van der Waals surface area (Å²) in [5.74, 6) is -0.231. The molecule has 0 aromatic carbocycles. The Hall–Kier alpha value is -1.18. The van der Waals surface area contributed by atoms with E-state index in [1.54, 1.807) is 0 Å². The van der Waals surface area contributed by atoms with Crippen molar-refractivity contribution in [2.75, 3.05) is 33.0 Å². The third-order valence-electron chi connectivity index (χ3n) is 3.76. The van der Waals surface area contributed by atoms with Crippen LogP contribution in [0.1, 0.15) is 106 Å². The summed E-state index contributed by atoms with van der Waals surface area (Å²) in [5.41, 5.74) is -0.747. The van der Waals surface area contributed by atoms with Gasteiger partial charge in [-0.15, -0.1) is 0 Å². The van der Waals surface area contributed by atoms with Gasteiger partial charge in [0.25, 0.3) is 0 Å². The van der Waals surface area contributed by atoms with Crippen molar-refractivity contribution < 1.29 is 33.6 Å². The van der Waals surface area contributed by atoms with Gasteiger partial charge in [0.1, 0.15) is 11.2 Å². The molecule has 0 aliphatic carbocycles. The molecule has 0 aliphatic heterocycles. The Labute approximate surface area is 196 Å². The van der Waals surface area contributed by atoms with Gasteiger partial charge < -0.3 is 24.1 Å². The first-order chi connectivity index (χ1) is 14.9. The van der Waals surface area contributed by atoms with Gasteiger partial charge in [0.15, 0.2) is 0 Å². The molecule has 0 fully saturated rings. The van der Waals surface area contributed by atoms with Gasteiger partial charge >= 0.3 is 11.9 Å². The number of carbonyl (C=O) groups is 2. The molecular weight excluding hydrogens is 412 g/mol. The number of esters is 2. The van der Waals surface area contributed by atoms with Crippen LogP contribution in [-0.4, -0.2) is 61.3 Å². The third kappa shape index (κ3) is 31.0. The van der Waals surface area contributed by atoms with E-state index < -0.39 is 0 Å². The highest BCUT2D eigenvalue weighted by atomic mass is 16.6. The van der Waals surface area contributed by atoms with E-state index in [0.717, 1.165) is 58.2 Å². The van der Waals surface area contributed by atoms with Gasteiger partial charge in [-0.2, -0.15) is 0 Å². The molecule has 7 heteroatoms. The minimum atomic E-state index is -0.388. The molecule has 0 saturated carbocycles. The van der Waals surface area contributed by atoms with Gasteiger partial charge in [-0.05, 0) is 73.6 Å². The Morgan fingerprint density at radius 3 is 1.38 bits per heavy atom. The predicted molar refractivity (Wildman–Crippen MR) is 128 cm³/mol. The Morgan fingerprint density at radius 1 is 0.625 bits per heavy atom. The second-order valence-corrected chi connectivity index (χ2v) is 9.74. The van der Waals surface area contributed by atoms with Gasteiger partial charge in [-0.3, -0.25) is 9.59 Å². The molecule has 0 aliphatic rings. The minimum Gasteiger partial charge on any atom is -0.460 e. The number of aliphatic hydroxyl groups is 1. The van der Waals surface area contributed by atoms with Crippen molar-refractivity contribution in [3.8, 4) is 0 Å². The molecule has 192 valence electrons. The molecule has 0 aromatic rings. The molecule has 32 heavy (non-hydrogen) atoms. The lowest BCUT2D eigenvalue weighted by Crippen LogP contribution is -2.23. The molecule has 7 nitrogen and oxygen atoms in total. The molecule has 1 N–H and O–H groups in total. The average molecular weight is 463 g/mol. The quantitative estimate of drug-likeness (QED) is 0.248. The standard InChI is InChI=1S/C13H26O3.C12H24O4/c1-5-10-15-11-8-6-7-9-12(14)16-13(2,3)4;1-12(2,3)16-11(14)7-5-4-6-9-15-10-8-13/h5-11H2,1-4H3;13H,4-10H2,1-3H3. The van der Waals surface area contributed by atoms with E-state index in [9.17, 15) is 9.59 Å². The number of rotatable bonds is 16. The zero-order valence-corrected chi connectivity index (χ0v) is 21.8. The lowest BCUT2D eigenvalue weighted by Gasteiger charge is -2.19. The van der Waals surface area contributed by atoms with Gasteiger partial charge in [0.05, 0.1) is 13.2 Å². The second-order valence-electron chi connectivity index (χ2n) is 9.74. The summed E-state index contributed by atoms with van der Waals surface area (Å²) in [4.78, 5) is 22.6. The zero-order valence-electron chi connectivity index (χ0n) is 21.8. The fourth-order valence-corrected chi connectivity index (χ4v) is 2.50. The van der Waals surface area contributed by atoms with Crippen LogP contribution in [0.2, 0.25) is 0 Å². The van der Waals surface area contributed by atoms with Crippen LogP contribution in [0, 0.1) is 0 Å². The first-order valence-electron chi connectivity index (χ1n) is 12.1. The molecule has 0 bridgehead atoms. The van der Waals surface area contributed by atoms with E-state index in [1.165, 1.54) is 0 Å². The van der Waals surface area contributed by atoms with Crippen molar-refractivity contribution >= 4 is 11.9 Å². The van der Waals surface area contributed by atoms with Gasteiger partial charge in [-0.1, -0.05) is 19.8 Å². The molecule has 0 atom stereocenters. The highest BCUT2D eigenvalue weighted by Gasteiger charge is 2.16. The number of hydrogen-bond acceptors (Lipinski definition) is 7. The summed E-state index contributed by atoms with van der Waals surface area (Å²) in [6.45, 7) is 16.1. The van der Waals surface area contributed by atoms with Crippen LogP contribution in [0.5, 0.6) is 0 Å². The van der Waals surface area contributed by atoms with Crippen LogP contribution in [-0.2, 0) is 28.5 Å². The van der Waals surface area contributed by atoms with Crippen molar-refractivity contribution in [3.63, 3.8) is 0 Å². The summed E-state index contributed by atoms with van der Waals surface area (Å²) in [7, 11) is 0. The van der Waals surface area contributed by atoms with Crippen molar-refractivity contribution in [1.82, 2.24) is 0 Å². The van der Waals surface area contributed by atoms with E-state index in [4.69, 9.17) is 24.1 Å². The average Bonchev–Trinajstić information content (AvgIpc) is 2.64. The topological polar surface area (TPSA) is 91.3 Å². The summed E-state index contributed by atoms with van der Waals surface area (Å²) in [6, 6.07) is 0. The first-order valence-corrected chi connectivity index (χ1v) is 12.1. The van der Waals surface area contributed by atoms with E-state index in [-0.39, 0.29) is 29.7 Å². The third-order valence-corrected chi connectivity index (χ3v) is 3.76. The van der Waals surface area contributed by atoms with Gasteiger partial charge in [-0.25, -0.2) is 0 Å². The van der Waals surface area contributed by atoms with Crippen LogP contribution in [0.4, 0.5) is 0 Å². The predicted octanol–water partition coefficient (Wildman–Crippen LogP) is 5.21. The molecular formula is C25H50O7. The van der Waals surface area contributed by atoms with Crippen LogP contribution in [0.25, 0.3) is 0 Å². The van der Waals surface area contributed by atoms with Crippen LogP contribution in [0.15, 0.2) is 0 Å². The van der Waals surface area contributed by atoms with Crippen LogP contribution in [0.3, 0.4) is 0 Å². The zero-order chi connectivity index (χ0) is 24.9. The Balaban J connectivity index is 0. The van der Waals surface area contributed by atoms with Crippen molar-refractivity contribution in [2.24, 2.45) is 0 Å². The molecule has 0 heterocycles. The molecule has 0 amide bonds. The maximum Gasteiger partial charge on any atom is 0.306 e.